The third-order valence-corrected chi connectivity index (χ3v) is 5.45. The van der Waals surface area contributed by atoms with Crippen molar-refractivity contribution in [2.24, 2.45) is 23.7 Å². The van der Waals surface area contributed by atoms with Gasteiger partial charge in [-0.1, -0.05) is 0 Å². The molecule has 1 saturated heterocycles. The summed E-state index contributed by atoms with van der Waals surface area (Å²) in [4.78, 5) is 24.8. The van der Waals surface area contributed by atoms with Crippen molar-refractivity contribution < 1.29 is 23.8 Å². The molecule has 1 heterocycles. The average molecular weight is 317 g/mol. The Morgan fingerprint density at radius 3 is 2.83 bits per heavy atom. The molecule has 1 aromatic carbocycles. The number of nitrogens with one attached hydrogen (secondary N) is 1. The fourth-order valence-electron chi connectivity index (χ4n) is 4.48. The zero-order valence-electron chi connectivity index (χ0n) is 13.1. The minimum absolute atomic E-state index is 0.0390. The quantitative estimate of drug-likeness (QED) is 0.858. The molecule has 6 heteroatoms. The maximum atomic E-state index is 12.8. The molecule has 0 spiro atoms. The van der Waals surface area contributed by atoms with E-state index in [-0.39, 0.29) is 41.7 Å². The van der Waals surface area contributed by atoms with E-state index in [1.54, 1.807) is 32.4 Å². The first-order chi connectivity index (χ1) is 11.1. The Bertz CT molecular complexity index is 671. The largest absolute Gasteiger partial charge is 0.497 e. The van der Waals surface area contributed by atoms with Crippen molar-refractivity contribution in [1.29, 1.82) is 0 Å². The van der Waals surface area contributed by atoms with Crippen LogP contribution in [0.1, 0.15) is 12.8 Å². The molecule has 23 heavy (non-hydrogen) atoms. The summed E-state index contributed by atoms with van der Waals surface area (Å²) in [5, 5.41) is 2.92. The van der Waals surface area contributed by atoms with Gasteiger partial charge in [-0.3, -0.25) is 9.59 Å². The lowest BCUT2D eigenvalue weighted by Gasteiger charge is -2.24. The van der Waals surface area contributed by atoms with Crippen LogP contribution in [0.3, 0.4) is 0 Å². The standard InChI is InChI=1S/C17H19NO5/c1-21-9-3-4-11(13(7-9)22-2)18-16(19)14-8-5-10-12(6-8)23-17(20)15(10)14/h3-4,7-8,10,12,14-15H,5-6H2,1-2H3,(H,18,19)/t8-,10+,12-,14-,15-/m1/s1. The molecule has 122 valence electrons. The van der Waals surface area contributed by atoms with Gasteiger partial charge in [0.25, 0.3) is 0 Å². The highest BCUT2D eigenvalue weighted by atomic mass is 16.6. The smallest absolute Gasteiger partial charge is 0.310 e. The average Bonchev–Trinajstić information content (AvgIpc) is 3.16. The second-order valence-electron chi connectivity index (χ2n) is 6.48. The van der Waals surface area contributed by atoms with Crippen LogP contribution < -0.4 is 14.8 Å². The van der Waals surface area contributed by atoms with Crippen LogP contribution in [0, 0.1) is 23.7 Å². The van der Waals surface area contributed by atoms with E-state index in [1.807, 2.05) is 0 Å². The summed E-state index contributed by atoms with van der Waals surface area (Å²) in [6.45, 7) is 0. The molecular weight excluding hydrogens is 298 g/mol. The second kappa shape index (κ2) is 5.15. The van der Waals surface area contributed by atoms with E-state index in [0.29, 0.717) is 17.2 Å². The lowest BCUT2D eigenvalue weighted by Crippen LogP contribution is -2.35. The summed E-state index contributed by atoms with van der Waals surface area (Å²) in [5.74, 6) is 0.757. The molecule has 2 bridgehead atoms. The highest BCUT2D eigenvalue weighted by Gasteiger charge is 2.63. The number of carbonyl (C=O) groups excluding carboxylic acids is 2. The van der Waals surface area contributed by atoms with E-state index in [9.17, 15) is 9.59 Å². The Morgan fingerprint density at radius 2 is 2.09 bits per heavy atom. The molecule has 1 N–H and O–H groups in total. The van der Waals surface area contributed by atoms with Gasteiger partial charge >= 0.3 is 5.97 Å². The summed E-state index contributed by atoms with van der Waals surface area (Å²) < 4.78 is 15.9. The van der Waals surface area contributed by atoms with Gasteiger partial charge in [0.15, 0.2) is 0 Å². The lowest BCUT2D eigenvalue weighted by molar-refractivity contribution is -0.145. The number of amides is 1. The molecule has 0 unspecified atom stereocenters. The molecule has 3 fully saturated rings. The number of fused-ring (bicyclic) bond motifs is 1. The maximum Gasteiger partial charge on any atom is 0.310 e. The minimum Gasteiger partial charge on any atom is -0.497 e. The monoisotopic (exact) mass is 317 g/mol. The minimum atomic E-state index is -0.293. The number of esters is 1. The van der Waals surface area contributed by atoms with Crippen LogP contribution in [-0.2, 0) is 14.3 Å². The summed E-state index contributed by atoms with van der Waals surface area (Å²) in [5.41, 5.74) is 0.587. The van der Waals surface area contributed by atoms with E-state index in [1.165, 1.54) is 0 Å². The number of carbonyl (C=O) groups is 2. The van der Waals surface area contributed by atoms with Crippen LogP contribution >= 0.6 is 0 Å². The lowest BCUT2D eigenvalue weighted by atomic mass is 9.79. The number of ether oxygens (including phenoxy) is 3. The van der Waals surface area contributed by atoms with E-state index >= 15 is 0 Å². The zero-order chi connectivity index (χ0) is 16.1. The summed E-state index contributed by atoms with van der Waals surface area (Å²) in [7, 11) is 3.12. The Morgan fingerprint density at radius 1 is 1.26 bits per heavy atom. The molecule has 5 atom stereocenters. The Hall–Kier alpha value is -2.24. The van der Waals surface area contributed by atoms with Gasteiger partial charge in [-0.15, -0.1) is 0 Å². The van der Waals surface area contributed by atoms with Crippen LogP contribution in [-0.4, -0.2) is 32.2 Å². The van der Waals surface area contributed by atoms with Crippen molar-refractivity contribution in [3.8, 4) is 11.5 Å². The van der Waals surface area contributed by atoms with Gasteiger partial charge in [-0.2, -0.15) is 0 Å². The fraction of sp³-hybridized carbons (Fsp3) is 0.529. The molecule has 2 aliphatic carbocycles. The predicted molar refractivity (Wildman–Crippen MR) is 81.2 cm³/mol. The van der Waals surface area contributed by atoms with Crippen molar-refractivity contribution in [2.45, 2.75) is 18.9 Å². The van der Waals surface area contributed by atoms with Crippen molar-refractivity contribution >= 4 is 17.6 Å². The Balaban J connectivity index is 1.56. The molecule has 3 aliphatic rings. The van der Waals surface area contributed by atoms with Gasteiger partial charge in [0.05, 0.1) is 31.7 Å². The van der Waals surface area contributed by atoms with Gasteiger partial charge in [-0.25, -0.2) is 0 Å². The first kappa shape index (κ1) is 14.4. The normalized spacial score (nSPS) is 33.5. The van der Waals surface area contributed by atoms with Crippen molar-refractivity contribution in [1.82, 2.24) is 0 Å². The molecule has 6 nitrogen and oxygen atoms in total. The number of benzene rings is 1. The zero-order valence-corrected chi connectivity index (χ0v) is 13.1. The molecule has 0 radical (unpaired) electrons. The van der Waals surface area contributed by atoms with E-state index in [2.05, 4.69) is 5.32 Å². The Labute approximate surface area is 134 Å². The van der Waals surface area contributed by atoms with Gasteiger partial charge in [0.1, 0.15) is 17.6 Å². The SMILES string of the molecule is COc1ccc(NC(=O)[C@@H]2[C@@H]3C[C@@H]4[C@H]2C(=O)O[C@@H]4C3)c(OC)c1. The van der Waals surface area contributed by atoms with Crippen LogP contribution in [0.15, 0.2) is 18.2 Å². The number of anilines is 1. The molecular formula is C17H19NO5. The van der Waals surface area contributed by atoms with Crippen LogP contribution in [0.25, 0.3) is 0 Å². The third kappa shape index (κ3) is 2.08. The highest BCUT2D eigenvalue weighted by Crippen LogP contribution is 2.57. The number of methoxy groups -OCH3 is 2. The fourth-order valence-corrected chi connectivity index (χ4v) is 4.48. The van der Waals surface area contributed by atoms with Crippen molar-refractivity contribution in [2.75, 3.05) is 19.5 Å². The van der Waals surface area contributed by atoms with Crippen LogP contribution in [0.4, 0.5) is 5.69 Å². The summed E-state index contributed by atoms with van der Waals surface area (Å²) in [6, 6.07) is 5.23. The predicted octanol–water partition coefficient (Wildman–Crippen LogP) is 1.84. The van der Waals surface area contributed by atoms with E-state index < -0.39 is 0 Å². The Kier molecular flexibility index (Phi) is 3.21. The van der Waals surface area contributed by atoms with Gasteiger partial charge in [-0.05, 0) is 30.9 Å². The van der Waals surface area contributed by atoms with Gasteiger partial charge < -0.3 is 19.5 Å². The summed E-state index contributed by atoms with van der Waals surface area (Å²) in [6.07, 6.45) is 1.76. The first-order valence-corrected chi connectivity index (χ1v) is 7.85. The molecule has 1 aliphatic heterocycles. The number of rotatable bonds is 4. The van der Waals surface area contributed by atoms with Gasteiger partial charge in [0, 0.05) is 12.0 Å². The topological polar surface area (TPSA) is 73.9 Å². The van der Waals surface area contributed by atoms with Gasteiger partial charge in [0.2, 0.25) is 5.91 Å². The van der Waals surface area contributed by atoms with E-state index in [0.717, 1.165) is 12.8 Å². The molecule has 1 aromatic rings. The second-order valence-corrected chi connectivity index (χ2v) is 6.48. The molecule has 2 saturated carbocycles. The molecule has 0 aromatic heterocycles. The molecule has 1 amide bonds. The van der Waals surface area contributed by atoms with E-state index in [4.69, 9.17) is 14.2 Å². The summed E-state index contributed by atoms with van der Waals surface area (Å²) >= 11 is 0. The van der Waals surface area contributed by atoms with Crippen molar-refractivity contribution in [3.63, 3.8) is 0 Å². The highest BCUT2D eigenvalue weighted by molar-refractivity contribution is 5.98. The van der Waals surface area contributed by atoms with Crippen molar-refractivity contribution in [3.05, 3.63) is 18.2 Å². The van der Waals surface area contributed by atoms with Crippen LogP contribution in [0.5, 0.6) is 11.5 Å². The van der Waals surface area contributed by atoms with Crippen LogP contribution in [0.2, 0.25) is 0 Å². The maximum absolute atomic E-state index is 12.8. The third-order valence-electron chi connectivity index (χ3n) is 5.45. The molecule has 4 rings (SSSR count). The number of hydrogen-bond acceptors (Lipinski definition) is 5. The first-order valence-electron chi connectivity index (χ1n) is 7.85. The number of hydrogen-bond donors (Lipinski definition) is 1.